The summed E-state index contributed by atoms with van der Waals surface area (Å²) >= 11 is 1.81. The molecule has 1 aromatic carbocycles. The molecule has 0 atom stereocenters. The number of benzene rings is 1. The molecule has 1 aliphatic heterocycles. The van der Waals surface area contributed by atoms with Crippen LogP contribution in [0.4, 0.5) is 5.69 Å². The van der Waals surface area contributed by atoms with Gasteiger partial charge >= 0.3 is 0 Å². The van der Waals surface area contributed by atoms with E-state index < -0.39 is 0 Å². The minimum absolute atomic E-state index is 1.21. The topological polar surface area (TPSA) is 19.0 Å². The number of hydrogen-bond donors (Lipinski definition) is 1. The third kappa shape index (κ3) is 1.59. The van der Waals surface area contributed by atoms with Crippen LogP contribution in [0.15, 0.2) is 29.3 Å². The first-order chi connectivity index (χ1) is 7.88. The molecular weight excluding hydrogens is 216 g/mol. The van der Waals surface area contributed by atoms with E-state index >= 15 is 0 Å². The number of aromatic nitrogens is 1. The Labute approximate surface area is 100 Å². The number of thioether (sulfide) groups is 1. The highest BCUT2D eigenvalue weighted by atomic mass is 32.2. The van der Waals surface area contributed by atoms with Gasteiger partial charge in [0.15, 0.2) is 0 Å². The molecule has 0 bridgehead atoms. The molecule has 0 amide bonds. The monoisotopic (exact) mass is 232 g/mol. The molecule has 2 heterocycles. The van der Waals surface area contributed by atoms with Crippen molar-refractivity contribution in [2.24, 2.45) is 0 Å². The van der Waals surface area contributed by atoms with Crippen LogP contribution in [0.1, 0.15) is 12.8 Å². The average Bonchev–Trinajstić information content (AvgIpc) is 2.97. The van der Waals surface area contributed by atoms with Gasteiger partial charge in [0, 0.05) is 40.8 Å². The molecule has 2 aromatic rings. The Morgan fingerprint density at radius 3 is 2.81 bits per heavy atom. The Morgan fingerprint density at radius 2 is 2.06 bits per heavy atom. The molecule has 16 heavy (non-hydrogen) atoms. The Bertz CT molecular complexity index is 498. The van der Waals surface area contributed by atoms with Gasteiger partial charge in [-0.2, -0.15) is 0 Å². The van der Waals surface area contributed by atoms with Crippen molar-refractivity contribution in [1.82, 2.24) is 4.98 Å². The summed E-state index contributed by atoms with van der Waals surface area (Å²) in [4.78, 5) is 7.14. The second-order valence-corrected chi connectivity index (χ2v) is 5.13. The largest absolute Gasteiger partial charge is 0.372 e. The van der Waals surface area contributed by atoms with Gasteiger partial charge in [0.05, 0.1) is 0 Å². The van der Waals surface area contributed by atoms with Crippen molar-refractivity contribution in [3.63, 3.8) is 0 Å². The second-order valence-electron chi connectivity index (χ2n) is 4.28. The third-order valence-corrected chi connectivity index (χ3v) is 4.10. The molecule has 1 aliphatic rings. The number of hydrogen-bond acceptors (Lipinski definition) is 2. The molecule has 3 heteroatoms. The van der Waals surface area contributed by atoms with Gasteiger partial charge in [-0.1, -0.05) is 0 Å². The van der Waals surface area contributed by atoms with E-state index in [4.69, 9.17) is 0 Å². The normalized spacial score (nSPS) is 16.2. The van der Waals surface area contributed by atoms with Gasteiger partial charge in [0.1, 0.15) is 0 Å². The Balaban J connectivity index is 2.06. The highest BCUT2D eigenvalue weighted by molar-refractivity contribution is 7.98. The molecular formula is C13H16N2S. The molecule has 0 aliphatic carbocycles. The lowest BCUT2D eigenvalue weighted by molar-refractivity contribution is 0.949. The van der Waals surface area contributed by atoms with Crippen molar-refractivity contribution in [3.05, 3.63) is 24.4 Å². The van der Waals surface area contributed by atoms with Crippen LogP contribution in [-0.4, -0.2) is 24.3 Å². The van der Waals surface area contributed by atoms with Gasteiger partial charge in [-0.25, -0.2) is 0 Å². The van der Waals surface area contributed by atoms with Gasteiger partial charge in [-0.15, -0.1) is 11.8 Å². The van der Waals surface area contributed by atoms with Crippen LogP contribution in [0.5, 0.6) is 0 Å². The van der Waals surface area contributed by atoms with Crippen molar-refractivity contribution in [1.29, 1.82) is 0 Å². The number of nitrogens with one attached hydrogen (secondary N) is 1. The number of H-pyrrole nitrogens is 1. The van der Waals surface area contributed by atoms with Crippen molar-refractivity contribution in [2.45, 2.75) is 17.7 Å². The van der Waals surface area contributed by atoms with Gasteiger partial charge in [-0.05, 0) is 37.3 Å². The molecule has 0 saturated carbocycles. The number of anilines is 1. The average molecular weight is 232 g/mol. The van der Waals surface area contributed by atoms with Crippen molar-refractivity contribution in [2.75, 3.05) is 24.2 Å². The zero-order valence-corrected chi connectivity index (χ0v) is 10.3. The van der Waals surface area contributed by atoms with Crippen LogP contribution >= 0.6 is 11.8 Å². The summed E-state index contributed by atoms with van der Waals surface area (Å²) in [6.07, 6.45) is 6.90. The fourth-order valence-electron chi connectivity index (χ4n) is 2.42. The van der Waals surface area contributed by atoms with E-state index in [9.17, 15) is 0 Å². The summed E-state index contributed by atoms with van der Waals surface area (Å²) in [5.74, 6) is 0. The van der Waals surface area contributed by atoms with E-state index in [1.54, 1.807) is 11.8 Å². The fraction of sp³-hybridized carbons (Fsp3) is 0.385. The van der Waals surface area contributed by atoms with E-state index in [2.05, 4.69) is 40.5 Å². The molecule has 84 valence electrons. The molecule has 1 N–H and O–H groups in total. The fourth-order valence-corrected chi connectivity index (χ4v) is 2.99. The third-order valence-electron chi connectivity index (χ3n) is 3.32. The van der Waals surface area contributed by atoms with Crippen LogP contribution in [-0.2, 0) is 0 Å². The number of rotatable bonds is 2. The summed E-state index contributed by atoms with van der Waals surface area (Å²) in [6.45, 7) is 2.43. The van der Waals surface area contributed by atoms with Gasteiger partial charge < -0.3 is 9.88 Å². The smallest absolute Gasteiger partial charge is 0.0467 e. The molecule has 1 saturated heterocycles. The minimum atomic E-state index is 1.21. The number of nitrogens with zero attached hydrogens (tertiary/aromatic N) is 1. The maximum Gasteiger partial charge on any atom is 0.0467 e. The molecule has 1 fully saturated rings. The highest BCUT2D eigenvalue weighted by Crippen LogP contribution is 2.30. The quantitative estimate of drug-likeness (QED) is 0.799. The molecule has 2 nitrogen and oxygen atoms in total. The summed E-state index contributed by atoms with van der Waals surface area (Å²) < 4.78 is 0. The van der Waals surface area contributed by atoms with E-state index in [1.807, 2.05) is 0 Å². The lowest BCUT2D eigenvalue weighted by Gasteiger charge is -2.17. The first-order valence-corrected chi connectivity index (χ1v) is 7.01. The van der Waals surface area contributed by atoms with Crippen molar-refractivity contribution < 1.29 is 0 Å². The Kier molecular flexibility index (Phi) is 2.56. The van der Waals surface area contributed by atoms with Gasteiger partial charge in [0.2, 0.25) is 0 Å². The van der Waals surface area contributed by atoms with Crippen molar-refractivity contribution in [3.8, 4) is 0 Å². The van der Waals surface area contributed by atoms with Crippen LogP contribution < -0.4 is 4.90 Å². The Morgan fingerprint density at radius 1 is 1.25 bits per heavy atom. The Hall–Kier alpha value is -1.09. The molecule has 1 aromatic heterocycles. The summed E-state index contributed by atoms with van der Waals surface area (Å²) in [5, 5.41) is 1.36. The predicted molar refractivity (Wildman–Crippen MR) is 71.5 cm³/mol. The van der Waals surface area contributed by atoms with Gasteiger partial charge in [-0.3, -0.25) is 0 Å². The lowest BCUT2D eigenvalue weighted by atomic mass is 10.2. The van der Waals surface area contributed by atoms with E-state index in [-0.39, 0.29) is 0 Å². The minimum Gasteiger partial charge on any atom is -0.372 e. The zero-order chi connectivity index (χ0) is 11.0. The van der Waals surface area contributed by atoms with Crippen LogP contribution in [0.25, 0.3) is 10.9 Å². The lowest BCUT2D eigenvalue weighted by Crippen LogP contribution is -2.17. The summed E-state index contributed by atoms with van der Waals surface area (Å²) in [7, 11) is 0. The van der Waals surface area contributed by atoms with E-state index in [0.29, 0.717) is 0 Å². The predicted octanol–water partition coefficient (Wildman–Crippen LogP) is 3.49. The first kappa shape index (κ1) is 10.1. The highest BCUT2D eigenvalue weighted by Gasteiger charge is 2.13. The maximum absolute atomic E-state index is 3.32. The van der Waals surface area contributed by atoms with Gasteiger partial charge in [0.25, 0.3) is 0 Å². The molecule has 0 spiro atoms. The molecule has 3 rings (SSSR count). The molecule has 0 radical (unpaired) electrons. The SMILES string of the molecule is CSc1c[nH]c2ccc(N3CCCC3)cc12. The first-order valence-electron chi connectivity index (χ1n) is 5.78. The number of fused-ring (bicyclic) bond motifs is 1. The standard InChI is InChI=1S/C13H16N2S/c1-16-13-9-14-12-5-4-10(8-11(12)13)15-6-2-3-7-15/h4-5,8-9,14H,2-3,6-7H2,1H3. The zero-order valence-electron chi connectivity index (χ0n) is 9.49. The maximum atomic E-state index is 3.32. The summed E-state index contributed by atoms with van der Waals surface area (Å²) in [6, 6.07) is 6.75. The second kappa shape index (κ2) is 4.06. The van der Waals surface area contributed by atoms with E-state index in [0.717, 1.165) is 0 Å². The van der Waals surface area contributed by atoms with E-state index in [1.165, 1.54) is 47.4 Å². The van der Waals surface area contributed by atoms with Crippen LogP contribution in [0.3, 0.4) is 0 Å². The molecule has 0 unspecified atom stereocenters. The number of aromatic amines is 1. The van der Waals surface area contributed by atoms with Crippen LogP contribution in [0, 0.1) is 0 Å². The van der Waals surface area contributed by atoms with Crippen LogP contribution in [0.2, 0.25) is 0 Å². The summed E-state index contributed by atoms with van der Waals surface area (Å²) in [5.41, 5.74) is 2.62. The van der Waals surface area contributed by atoms with Crippen molar-refractivity contribution >= 4 is 28.4 Å².